The summed E-state index contributed by atoms with van der Waals surface area (Å²) in [5.74, 6) is 0. The molecule has 1 nitrogen and oxygen atoms in total. The molecule has 52 heavy (non-hydrogen) atoms. The number of benzene rings is 9. The minimum atomic E-state index is 0.813. The Bertz CT molecular complexity index is 2970. The van der Waals surface area contributed by atoms with E-state index in [-0.39, 0.29) is 0 Å². The number of hydrogen-bond donors (Lipinski definition) is 0. The maximum Gasteiger partial charge on any atom is 0.0547 e. The highest BCUT2D eigenvalue weighted by molar-refractivity contribution is 6.25. The van der Waals surface area contributed by atoms with Crippen LogP contribution in [0.4, 0.5) is 0 Å². The van der Waals surface area contributed by atoms with Crippen molar-refractivity contribution in [1.29, 1.82) is 0 Å². The monoisotopic (exact) mass is 661 g/mol. The summed E-state index contributed by atoms with van der Waals surface area (Å²) in [5, 5.41) is 10.2. The van der Waals surface area contributed by atoms with Crippen LogP contribution in [0.5, 0.6) is 0 Å². The van der Waals surface area contributed by atoms with Crippen molar-refractivity contribution in [1.82, 2.24) is 4.57 Å². The lowest BCUT2D eigenvalue weighted by molar-refractivity contribution is 1.18. The summed E-state index contributed by atoms with van der Waals surface area (Å²) >= 11 is 0. The van der Waals surface area contributed by atoms with Gasteiger partial charge >= 0.3 is 0 Å². The molecule has 244 valence electrons. The van der Waals surface area contributed by atoms with Crippen LogP contribution >= 0.6 is 0 Å². The minimum Gasteiger partial charge on any atom is -0.309 e. The first kappa shape index (κ1) is 30.2. The number of para-hydroxylation sites is 2. The number of allylic oxidation sites excluding steroid dienone is 1. The molecule has 9 aromatic carbocycles. The zero-order valence-corrected chi connectivity index (χ0v) is 28.7. The van der Waals surface area contributed by atoms with E-state index in [4.69, 9.17) is 0 Å². The first-order valence-corrected chi connectivity index (χ1v) is 18.1. The minimum absolute atomic E-state index is 0.813. The molecule has 1 aromatic heterocycles. The molecule has 0 bridgehead atoms. The lowest BCUT2D eigenvalue weighted by atomic mass is 9.86. The van der Waals surface area contributed by atoms with Crippen LogP contribution in [0.1, 0.15) is 11.1 Å². The van der Waals surface area contributed by atoms with Crippen LogP contribution in [0.3, 0.4) is 0 Å². The van der Waals surface area contributed by atoms with Crippen LogP contribution in [-0.4, -0.2) is 4.57 Å². The predicted molar refractivity (Wildman–Crippen MR) is 223 cm³/mol. The van der Waals surface area contributed by atoms with Gasteiger partial charge in [0, 0.05) is 16.5 Å². The molecule has 0 atom stereocenters. The summed E-state index contributed by atoms with van der Waals surface area (Å²) in [6.45, 7) is 0. The van der Waals surface area contributed by atoms with Gasteiger partial charge in [-0.25, -0.2) is 0 Å². The van der Waals surface area contributed by atoms with Gasteiger partial charge in [0.05, 0.1) is 11.0 Å². The first-order chi connectivity index (χ1) is 25.8. The maximum atomic E-state index is 2.40. The molecule has 0 spiro atoms. The van der Waals surface area contributed by atoms with E-state index < -0.39 is 0 Å². The Labute approximate surface area is 303 Å². The van der Waals surface area contributed by atoms with Gasteiger partial charge < -0.3 is 4.57 Å². The smallest absolute Gasteiger partial charge is 0.0547 e. The van der Waals surface area contributed by atoms with Crippen LogP contribution in [0.2, 0.25) is 0 Å². The Kier molecular flexibility index (Phi) is 7.29. The van der Waals surface area contributed by atoms with E-state index in [9.17, 15) is 0 Å². The molecular formula is C51H35N. The van der Waals surface area contributed by atoms with E-state index >= 15 is 0 Å². The van der Waals surface area contributed by atoms with Crippen LogP contribution in [-0.2, 0) is 6.42 Å². The van der Waals surface area contributed by atoms with E-state index in [0.29, 0.717) is 0 Å². The Morgan fingerprint density at radius 3 is 1.88 bits per heavy atom. The Hall–Kier alpha value is -6.70. The van der Waals surface area contributed by atoms with E-state index in [2.05, 4.69) is 205 Å². The molecule has 0 aliphatic carbocycles. The Morgan fingerprint density at radius 1 is 0.404 bits per heavy atom. The van der Waals surface area contributed by atoms with Crippen molar-refractivity contribution in [3.63, 3.8) is 0 Å². The number of rotatable bonds is 6. The molecule has 0 aliphatic rings. The molecule has 0 amide bonds. The summed E-state index contributed by atoms with van der Waals surface area (Å²) in [4.78, 5) is 0. The molecule has 0 unspecified atom stereocenters. The van der Waals surface area contributed by atoms with Crippen molar-refractivity contribution in [2.24, 2.45) is 0 Å². The molecule has 0 saturated carbocycles. The molecule has 1 heteroatoms. The first-order valence-electron chi connectivity index (χ1n) is 18.1. The highest BCUT2D eigenvalue weighted by atomic mass is 15.0. The second-order valence-electron chi connectivity index (χ2n) is 13.6. The van der Waals surface area contributed by atoms with Crippen LogP contribution < -0.4 is 0 Å². The fourth-order valence-electron chi connectivity index (χ4n) is 8.43. The van der Waals surface area contributed by atoms with Crippen molar-refractivity contribution in [2.75, 3.05) is 0 Å². The molecule has 1 heterocycles. The highest BCUT2D eigenvalue weighted by Crippen LogP contribution is 2.44. The van der Waals surface area contributed by atoms with Crippen molar-refractivity contribution in [3.05, 3.63) is 205 Å². The topological polar surface area (TPSA) is 4.93 Å². The Morgan fingerprint density at radius 2 is 1.04 bits per heavy atom. The van der Waals surface area contributed by atoms with Crippen molar-refractivity contribution in [2.45, 2.75) is 6.42 Å². The van der Waals surface area contributed by atoms with E-state index in [0.717, 1.165) is 6.42 Å². The molecule has 0 radical (unpaired) electrons. The fourth-order valence-corrected chi connectivity index (χ4v) is 8.43. The largest absolute Gasteiger partial charge is 0.309 e. The summed E-state index contributed by atoms with van der Waals surface area (Å²) in [6, 6.07) is 68.4. The van der Waals surface area contributed by atoms with Crippen molar-refractivity contribution >= 4 is 60.2 Å². The van der Waals surface area contributed by atoms with Gasteiger partial charge in [0.25, 0.3) is 0 Å². The van der Waals surface area contributed by atoms with Gasteiger partial charge in [-0.05, 0) is 96.4 Å². The molecule has 0 fully saturated rings. The average molecular weight is 662 g/mol. The predicted octanol–water partition coefficient (Wildman–Crippen LogP) is 13.8. The van der Waals surface area contributed by atoms with Gasteiger partial charge in [0.2, 0.25) is 0 Å². The van der Waals surface area contributed by atoms with Crippen LogP contribution in [0, 0.1) is 0 Å². The summed E-state index contributed by atoms with van der Waals surface area (Å²) in [7, 11) is 0. The third-order valence-corrected chi connectivity index (χ3v) is 10.7. The maximum absolute atomic E-state index is 2.40. The quantitative estimate of drug-likeness (QED) is 0.123. The molecule has 0 aliphatic heterocycles. The number of fused-ring (bicyclic) bond motifs is 7. The van der Waals surface area contributed by atoms with Crippen LogP contribution in [0.25, 0.3) is 88.1 Å². The van der Waals surface area contributed by atoms with Crippen molar-refractivity contribution in [3.8, 4) is 27.9 Å². The van der Waals surface area contributed by atoms with Gasteiger partial charge in [0.1, 0.15) is 0 Å². The lowest BCUT2D eigenvalue weighted by Gasteiger charge is -2.17. The fraction of sp³-hybridized carbons (Fsp3) is 0.0196. The van der Waals surface area contributed by atoms with E-state index in [1.54, 1.807) is 0 Å². The second-order valence-corrected chi connectivity index (χ2v) is 13.6. The van der Waals surface area contributed by atoms with E-state index in [1.807, 2.05) is 0 Å². The lowest BCUT2D eigenvalue weighted by Crippen LogP contribution is -1.93. The molecular weight excluding hydrogens is 627 g/mol. The highest BCUT2D eigenvalue weighted by Gasteiger charge is 2.18. The van der Waals surface area contributed by atoms with Crippen LogP contribution in [0.15, 0.2) is 194 Å². The van der Waals surface area contributed by atoms with Gasteiger partial charge in [0.15, 0.2) is 0 Å². The summed E-state index contributed by atoms with van der Waals surface area (Å²) in [5.41, 5.74) is 11.3. The standard InChI is InChI=1S/C51H35N/c1-3-19-37(20-4-1)49-44-27-12-11-26-41(44)42(45-34-33-36-18-8-10-25-40(36)51(45)49)29-15-21-35-17-7-9-24-39(35)43-30-16-32-48-50(43)46-28-13-14-31-47(46)52(48)38-22-5-2-6-23-38/h1-20,22-34H,21H2/b29-15+. The molecule has 0 saturated heterocycles. The van der Waals surface area contributed by atoms with Gasteiger partial charge in [-0.15, -0.1) is 0 Å². The number of aromatic nitrogens is 1. The van der Waals surface area contributed by atoms with E-state index in [1.165, 1.54) is 93.2 Å². The zero-order valence-electron chi connectivity index (χ0n) is 28.7. The third kappa shape index (κ3) is 4.86. The third-order valence-electron chi connectivity index (χ3n) is 10.7. The number of nitrogens with zero attached hydrogens (tertiary/aromatic N) is 1. The normalized spacial score (nSPS) is 11.8. The molecule has 10 aromatic rings. The van der Waals surface area contributed by atoms with Gasteiger partial charge in [-0.3, -0.25) is 0 Å². The van der Waals surface area contributed by atoms with Crippen molar-refractivity contribution < 1.29 is 0 Å². The van der Waals surface area contributed by atoms with Gasteiger partial charge in [-0.1, -0.05) is 176 Å². The van der Waals surface area contributed by atoms with Gasteiger partial charge in [-0.2, -0.15) is 0 Å². The molecule has 0 N–H and O–H groups in total. The molecule has 10 rings (SSSR count). The Balaban J connectivity index is 1.14. The SMILES string of the molecule is C(=C\c1c2ccccc2c(-c2ccccc2)c2c1ccc1ccccc12)/Cc1ccccc1-c1cccc2c1c1ccccc1n2-c1ccccc1. The zero-order chi connectivity index (χ0) is 34.4. The second kappa shape index (κ2) is 12.6. The summed E-state index contributed by atoms with van der Waals surface area (Å²) in [6.07, 6.45) is 5.55. The summed E-state index contributed by atoms with van der Waals surface area (Å²) < 4.78 is 2.40. The average Bonchev–Trinajstić information content (AvgIpc) is 3.56. The number of hydrogen-bond acceptors (Lipinski definition) is 0.